The predicted octanol–water partition coefficient (Wildman–Crippen LogP) is 0.661. The molecule has 1 aliphatic rings. The zero-order valence-corrected chi connectivity index (χ0v) is 8.61. The highest BCUT2D eigenvalue weighted by atomic mass is 19.1. The number of nitrogens with two attached hydrogens (primary N) is 1. The molecule has 1 fully saturated rings. The summed E-state index contributed by atoms with van der Waals surface area (Å²) in [6, 6.07) is 3.70. The van der Waals surface area contributed by atoms with Gasteiger partial charge >= 0.3 is 0 Å². The molecule has 1 amide bonds. The molecular weight excluding hydrogens is 211 g/mol. The fourth-order valence-corrected chi connectivity index (χ4v) is 1.72. The number of nitrogens with one attached hydrogen (secondary N) is 1. The molecule has 0 aliphatic heterocycles. The van der Waals surface area contributed by atoms with Crippen molar-refractivity contribution in [3.63, 3.8) is 0 Å². The van der Waals surface area contributed by atoms with Gasteiger partial charge in [-0.3, -0.25) is 4.79 Å². The molecule has 1 aromatic carbocycles. The third-order valence-corrected chi connectivity index (χ3v) is 2.63. The minimum absolute atomic E-state index is 0.0213. The van der Waals surface area contributed by atoms with Crippen molar-refractivity contribution in [2.75, 3.05) is 5.73 Å². The van der Waals surface area contributed by atoms with E-state index >= 15 is 0 Å². The lowest BCUT2D eigenvalue weighted by Gasteiger charge is -2.31. The van der Waals surface area contributed by atoms with Gasteiger partial charge in [-0.15, -0.1) is 0 Å². The van der Waals surface area contributed by atoms with Crippen molar-refractivity contribution in [2.45, 2.75) is 25.0 Å². The van der Waals surface area contributed by atoms with Crippen LogP contribution in [-0.4, -0.2) is 23.2 Å². The average molecular weight is 224 g/mol. The van der Waals surface area contributed by atoms with Crippen molar-refractivity contribution in [1.29, 1.82) is 0 Å². The van der Waals surface area contributed by atoms with Gasteiger partial charge in [-0.25, -0.2) is 4.39 Å². The lowest BCUT2D eigenvalue weighted by atomic mass is 9.89. The molecule has 1 aromatic rings. The Labute approximate surface area is 92.3 Å². The maximum atomic E-state index is 13.0. The Hall–Kier alpha value is -1.62. The summed E-state index contributed by atoms with van der Waals surface area (Å²) < 4.78 is 13.0. The standard InChI is InChI=1S/C11H13FN2O2/c12-7-1-6(2-8(13)3-7)11(16)14-9-4-10(15)5-9/h1-3,9-10,15H,4-5,13H2,(H,14,16). The van der Waals surface area contributed by atoms with Crippen molar-refractivity contribution in [2.24, 2.45) is 0 Å². The Balaban J connectivity index is 2.03. The summed E-state index contributed by atoms with van der Waals surface area (Å²) in [5.41, 5.74) is 5.86. The van der Waals surface area contributed by atoms with E-state index in [2.05, 4.69) is 5.32 Å². The van der Waals surface area contributed by atoms with Crippen molar-refractivity contribution in [1.82, 2.24) is 5.32 Å². The molecule has 2 rings (SSSR count). The van der Waals surface area contributed by atoms with E-state index < -0.39 is 5.82 Å². The van der Waals surface area contributed by atoms with Crippen LogP contribution in [0.2, 0.25) is 0 Å². The molecule has 0 aromatic heterocycles. The Kier molecular flexibility index (Phi) is 2.78. The monoisotopic (exact) mass is 224 g/mol. The largest absolute Gasteiger partial charge is 0.399 e. The van der Waals surface area contributed by atoms with E-state index in [9.17, 15) is 9.18 Å². The molecule has 16 heavy (non-hydrogen) atoms. The van der Waals surface area contributed by atoms with Crippen molar-refractivity contribution in [3.05, 3.63) is 29.6 Å². The van der Waals surface area contributed by atoms with E-state index in [1.54, 1.807) is 0 Å². The van der Waals surface area contributed by atoms with Crippen LogP contribution in [0.1, 0.15) is 23.2 Å². The summed E-state index contributed by atoms with van der Waals surface area (Å²) in [7, 11) is 0. The molecule has 5 heteroatoms. The molecule has 0 radical (unpaired) electrons. The summed E-state index contributed by atoms with van der Waals surface area (Å²) in [5, 5.41) is 11.8. The molecule has 0 bridgehead atoms. The minimum atomic E-state index is -0.529. The van der Waals surface area contributed by atoms with E-state index in [1.807, 2.05) is 0 Å². The van der Waals surface area contributed by atoms with E-state index in [-0.39, 0.29) is 29.3 Å². The predicted molar refractivity (Wildman–Crippen MR) is 57.3 cm³/mol. The Morgan fingerprint density at radius 3 is 2.69 bits per heavy atom. The van der Waals surface area contributed by atoms with E-state index in [1.165, 1.54) is 6.07 Å². The van der Waals surface area contributed by atoms with Crippen LogP contribution in [0.25, 0.3) is 0 Å². The normalized spacial score (nSPS) is 23.6. The molecule has 0 atom stereocenters. The second-order valence-corrected chi connectivity index (χ2v) is 4.07. The van der Waals surface area contributed by atoms with Gasteiger partial charge in [0.25, 0.3) is 5.91 Å². The summed E-state index contributed by atoms with van der Waals surface area (Å²) >= 11 is 0. The fourth-order valence-electron chi connectivity index (χ4n) is 1.72. The lowest BCUT2D eigenvalue weighted by Crippen LogP contribution is -2.46. The number of halogens is 1. The highest BCUT2D eigenvalue weighted by molar-refractivity contribution is 5.95. The highest BCUT2D eigenvalue weighted by Gasteiger charge is 2.28. The number of anilines is 1. The number of benzene rings is 1. The summed E-state index contributed by atoms with van der Waals surface area (Å²) in [6.07, 6.45) is 0.774. The third kappa shape index (κ3) is 2.30. The number of aliphatic hydroxyl groups excluding tert-OH is 1. The van der Waals surface area contributed by atoms with Crippen LogP contribution in [0, 0.1) is 5.82 Å². The zero-order valence-electron chi connectivity index (χ0n) is 8.61. The molecule has 4 N–H and O–H groups in total. The van der Waals surface area contributed by atoms with E-state index in [0.717, 1.165) is 12.1 Å². The third-order valence-electron chi connectivity index (χ3n) is 2.63. The quantitative estimate of drug-likeness (QED) is 0.646. The zero-order chi connectivity index (χ0) is 11.7. The fraction of sp³-hybridized carbons (Fsp3) is 0.364. The SMILES string of the molecule is Nc1cc(F)cc(C(=O)NC2CC(O)C2)c1. The van der Waals surface area contributed by atoms with Gasteiger partial charge in [0.05, 0.1) is 6.10 Å². The van der Waals surface area contributed by atoms with Gasteiger partial charge in [-0.05, 0) is 31.0 Å². The number of carbonyl (C=O) groups excluding carboxylic acids is 1. The first-order valence-electron chi connectivity index (χ1n) is 5.09. The topological polar surface area (TPSA) is 75.4 Å². The molecule has 86 valence electrons. The molecule has 1 aliphatic carbocycles. The van der Waals surface area contributed by atoms with Crippen LogP contribution in [0.3, 0.4) is 0 Å². The van der Waals surface area contributed by atoms with Gasteiger partial charge in [0.15, 0.2) is 0 Å². The molecule has 0 heterocycles. The van der Waals surface area contributed by atoms with Crippen molar-refractivity contribution < 1.29 is 14.3 Å². The molecular formula is C11H13FN2O2. The number of hydrogen-bond acceptors (Lipinski definition) is 3. The van der Waals surface area contributed by atoms with Crippen molar-refractivity contribution >= 4 is 11.6 Å². The Bertz CT molecular complexity index is 396. The number of hydrogen-bond donors (Lipinski definition) is 3. The maximum absolute atomic E-state index is 13.0. The number of nitrogen functional groups attached to an aromatic ring is 1. The number of amides is 1. The van der Waals surface area contributed by atoms with Gasteiger partial charge in [0.1, 0.15) is 5.82 Å². The van der Waals surface area contributed by atoms with Crippen LogP contribution < -0.4 is 11.1 Å². The van der Waals surface area contributed by atoms with E-state index in [0.29, 0.717) is 12.8 Å². The number of rotatable bonds is 2. The van der Waals surface area contributed by atoms with Crippen molar-refractivity contribution in [3.8, 4) is 0 Å². The first-order valence-corrected chi connectivity index (χ1v) is 5.09. The molecule has 0 spiro atoms. The minimum Gasteiger partial charge on any atom is -0.399 e. The molecule has 1 saturated carbocycles. The van der Waals surface area contributed by atoms with Gasteiger partial charge in [-0.2, -0.15) is 0 Å². The average Bonchev–Trinajstić information content (AvgIpc) is 2.13. The second-order valence-electron chi connectivity index (χ2n) is 4.07. The Morgan fingerprint density at radius 1 is 1.44 bits per heavy atom. The van der Waals surface area contributed by atoms with Crippen LogP contribution in [0.5, 0.6) is 0 Å². The molecule has 4 nitrogen and oxygen atoms in total. The summed E-state index contributed by atoms with van der Waals surface area (Å²) in [4.78, 5) is 11.6. The van der Waals surface area contributed by atoms with Gasteiger partial charge in [-0.1, -0.05) is 0 Å². The Morgan fingerprint density at radius 2 is 2.12 bits per heavy atom. The van der Waals surface area contributed by atoms with Gasteiger partial charge < -0.3 is 16.2 Å². The van der Waals surface area contributed by atoms with E-state index in [4.69, 9.17) is 10.8 Å². The highest BCUT2D eigenvalue weighted by Crippen LogP contribution is 2.20. The smallest absolute Gasteiger partial charge is 0.251 e. The molecule has 0 saturated heterocycles. The molecule has 0 unspecified atom stereocenters. The number of carbonyl (C=O) groups is 1. The van der Waals surface area contributed by atoms with Crippen LogP contribution in [0.4, 0.5) is 10.1 Å². The second kappa shape index (κ2) is 4.09. The number of aliphatic hydroxyl groups is 1. The van der Waals surface area contributed by atoms with Crippen LogP contribution in [0.15, 0.2) is 18.2 Å². The van der Waals surface area contributed by atoms with Gasteiger partial charge in [0, 0.05) is 17.3 Å². The first kappa shape index (κ1) is 10.9. The van der Waals surface area contributed by atoms with Crippen LogP contribution >= 0.6 is 0 Å². The first-order chi connectivity index (χ1) is 7.54. The summed E-state index contributed by atoms with van der Waals surface area (Å²) in [6.45, 7) is 0. The van der Waals surface area contributed by atoms with Crippen LogP contribution in [-0.2, 0) is 0 Å². The maximum Gasteiger partial charge on any atom is 0.251 e. The summed E-state index contributed by atoms with van der Waals surface area (Å²) in [5.74, 6) is -0.887. The lowest BCUT2D eigenvalue weighted by molar-refractivity contribution is 0.0562. The van der Waals surface area contributed by atoms with Gasteiger partial charge in [0.2, 0.25) is 0 Å².